The van der Waals surface area contributed by atoms with Gasteiger partial charge in [-0.2, -0.15) is 0 Å². The summed E-state index contributed by atoms with van der Waals surface area (Å²) in [6.07, 6.45) is 17.7. The predicted octanol–water partition coefficient (Wildman–Crippen LogP) is 7.41. The maximum atomic E-state index is 11.8. The summed E-state index contributed by atoms with van der Waals surface area (Å²) in [4.78, 5) is 23.6. The molecule has 32 heavy (non-hydrogen) atoms. The lowest BCUT2D eigenvalue weighted by molar-refractivity contribution is -0.144. The van der Waals surface area contributed by atoms with Gasteiger partial charge in [0.25, 0.3) is 0 Å². The molecule has 0 amide bonds. The van der Waals surface area contributed by atoms with Crippen LogP contribution in [0.5, 0.6) is 11.5 Å². The van der Waals surface area contributed by atoms with E-state index in [4.69, 9.17) is 14.2 Å². The number of unbranched alkanes of at least 4 members (excludes halogenated alkanes) is 12. The van der Waals surface area contributed by atoms with Gasteiger partial charge in [0.05, 0.1) is 13.7 Å². The molecule has 0 atom stereocenters. The molecule has 1 aromatic carbocycles. The van der Waals surface area contributed by atoms with Gasteiger partial charge < -0.3 is 14.2 Å². The molecule has 0 radical (unpaired) electrons. The van der Waals surface area contributed by atoms with E-state index in [-0.39, 0.29) is 24.8 Å². The Morgan fingerprint density at radius 3 is 1.62 bits per heavy atom. The minimum atomic E-state index is -0.348. The van der Waals surface area contributed by atoms with E-state index in [2.05, 4.69) is 6.92 Å². The molecule has 0 saturated carbocycles. The van der Waals surface area contributed by atoms with Gasteiger partial charge in [-0.05, 0) is 37.1 Å². The Labute approximate surface area is 195 Å². The van der Waals surface area contributed by atoms with Crippen LogP contribution < -0.4 is 9.47 Å². The zero-order chi connectivity index (χ0) is 23.3. The summed E-state index contributed by atoms with van der Waals surface area (Å²) < 4.78 is 15.6. The zero-order valence-electron chi connectivity index (χ0n) is 20.4. The molecule has 0 heterocycles. The summed E-state index contributed by atoms with van der Waals surface area (Å²) in [6.45, 7) is 2.74. The average Bonchev–Trinajstić information content (AvgIpc) is 2.79. The lowest BCUT2D eigenvalue weighted by Gasteiger charge is -2.06. The van der Waals surface area contributed by atoms with Crippen molar-refractivity contribution >= 4 is 11.9 Å². The fourth-order valence-electron chi connectivity index (χ4n) is 3.58. The molecule has 5 nitrogen and oxygen atoms in total. The number of rotatable bonds is 20. The van der Waals surface area contributed by atoms with E-state index < -0.39 is 0 Å². The van der Waals surface area contributed by atoms with Crippen LogP contribution in [0.3, 0.4) is 0 Å². The SMILES string of the molecule is CCCCCCCCCCCCCCCOC(=O)CCCC(=O)Oc1ccc(OC)cc1. The highest BCUT2D eigenvalue weighted by molar-refractivity contribution is 5.74. The molecule has 0 aromatic heterocycles. The van der Waals surface area contributed by atoms with Crippen molar-refractivity contribution in [3.8, 4) is 11.5 Å². The molecule has 0 bridgehead atoms. The highest BCUT2D eigenvalue weighted by atomic mass is 16.5. The minimum Gasteiger partial charge on any atom is -0.497 e. The number of hydrogen-bond donors (Lipinski definition) is 0. The maximum absolute atomic E-state index is 11.8. The van der Waals surface area contributed by atoms with Crippen molar-refractivity contribution in [2.75, 3.05) is 13.7 Å². The van der Waals surface area contributed by atoms with Crippen LogP contribution in [0.25, 0.3) is 0 Å². The molecule has 0 N–H and O–H groups in total. The van der Waals surface area contributed by atoms with Gasteiger partial charge in [0.1, 0.15) is 11.5 Å². The first-order valence-electron chi connectivity index (χ1n) is 12.7. The Hall–Kier alpha value is -2.04. The van der Waals surface area contributed by atoms with E-state index in [1.165, 1.54) is 70.6 Å². The van der Waals surface area contributed by atoms with Crippen molar-refractivity contribution in [2.24, 2.45) is 0 Å². The number of carbonyl (C=O) groups excluding carboxylic acids is 2. The van der Waals surface area contributed by atoms with Gasteiger partial charge in [-0.3, -0.25) is 9.59 Å². The van der Waals surface area contributed by atoms with E-state index >= 15 is 0 Å². The maximum Gasteiger partial charge on any atom is 0.311 e. The fraction of sp³-hybridized carbons (Fsp3) is 0.704. The molecular weight excluding hydrogens is 404 g/mol. The largest absolute Gasteiger partial charge is 0.497 e. The van der Waals surface area contributed by atoms with Gasteiger partial charge in [0.15, 0.2) is 0 Å². The number of hydrogen-bond acceptors (Lipinski definition) is 5. The summed E-state index contributed by atoms with van der Waals surface area (Å²) in [5.41, 5.74) is 0. The van der Waals surface area contributed by atoms with Crippen LogP contribution in [-0.4, -0.2) is 25.7 Å². The van der Waals surface area contributed by atoms with Crippen LogP contribution in [0.1, 0.15) is 110 Å². The van der Waals surface area contributed by atoms with Crippen molar-refractivity contribution in [1.82, 2.24) is 0 Å². The third-order valence-corrected chi connectivity index (χ3v) is 5.56. The summed E-state index contributed by atoms with van der Waals surface area (Å²) >= 11 is 0. The first-order valence-corrected chi connectivity index (χ1v) is 12.7. The van der Waals surface area contributed by atoms with Crippen molar-refractivity contribution in [2.45, 2.75) is 110 Å². The Morgan fingerprint density at radius 2 is 1.09 bits per heavy atom. The molecule has 0 saturated heterocycles. The van der Waals surface area contributed by atoms with E-state index in [0.29, 0.717) is 24.5 Å². The van der Waals surface area contributed by atoms with Gasteiger partial charge in [0.2, 0.25) is 0 Å². The third-order valence-electron chi connectivity index (χ3n) is 5.56. The van der Waals surface area contributed by atoms with Crippen LogP contribution in [0.4, 0.5) is 0 Å². The smallest absolute Gasteiger partial charge is 0.311 e. The summed E-state index contributed by atoms with van der Waals surface area (Å²) in [6, 6.07) is 6.83. The molecule has 0 aliphatic carbocycles. The Morgan fingerprint density at radius 1 is 0.625 bits per heavy atom. The lowest BCUT2D eigenvalue weighted by Crippen LogP contribution is -2.10. The number of methoxy groups -OCH3 is 1. The number of carbonyl (C=O) groups is 2. The molecule has 182 valence electrons. The molecule has 0 fully saturated rings. The highest BCUT2D eigenvalue weighted by Crippen LogP contribution is 2.18. The van der Waals surface area contributed by atoms with Crippen LogP contribution in [0, 0.1) is 0 Å². The second-order valence-electron chi connectivity index (χ2n) is 8.47. The molecule has 1 rings (SSSR count). The molecule has 5 heteroatoms. The first kappa shape index (κ1) is 28.0. The second-order valence-corrected chi connectivity index (χ2v) is 8.47. The lowest BCUT2D eigenvalue weighted by atomic mass is 10.0. The second kappa shape index (κ2) is 19.6. The summed E-state index contributed by atoms with van der Waals surface area (Å²) in [7, 11) is 1.58. The highest BCUT2D eigenvalue weighted by Gasteiger charge is 2.08. The molecule has 0 aliphatic rings. The zero-order valence-corrected chi connectivity index (χ0v) is 20.4. The van der Waals surface area contributed by atoms with E-state index in [1.807, 2.05) is 0 Å². The van der Waals surface area contributed by atoms with E-state index in [9.17, 15) is 9.59 Å². The van der Waals surface area contributed by atoms with Crippen LogP contribution in [0.15, 0.2) is 24.3 Å². The summed E-state index contributed by atoms with van der Waals surface area (Å²) in [5.74, 6) is 0.595. The minimum absolute atomic E-state index is 0.194. The molecule has 0 spiro atoms. The standard InChI is InChI=1S/C27H44O5/c1-3-4-5-6-7-8-9-10-11-12-13-14-15-23-31-26(28)17-16-18-27(29)32-25-21-19-24(30-2)20-22-25/h19-22H,3-18,23H2,1-2H3. The van der Waals surface area contributed by atoms with E-state index in [0.717, 1.165) is 12.8 Å². The molecule has 0 unspecified atom stereocenters. The van der Waals surface area contributed by atoms with E-state index in [1.54, 1.807) is 31.4 Å². The van der Waals surface area contributed by atoms with Gasteiger partial charge in [-0.1, -0.05) is 84.0 Å². The third kappa shape index (κ3) is 15.7. The number of benzene rings is 1. The van der Waals surface area contributed by atoms with Crippen molar-refractivity contribution in [3.05, 3.63) is 24.3 Å². The normalized spacial score (nSPS) is 10.7. The monoisotopic (exact) mass is 448 g/mol. The van der Waals surface area contributed by atoms with Crippen LogP contribution >= 0.6 is 0 Å². The molecular formula is C27H44O5. The topological polar surface area (TPSA) is 61.8 Å². The Balaban J connectivity index is 1.87. The van der Waals surface area contributed by atoms with Gasteiger partial charge >= 0.3 is 11.9 Å². The molecule has 1 aromatic rings. The van der Waals surface area contributed by atoms with Crippen molar-refractivity contribution in [1.29, 1.82) is 0 Å². The quantitative estimate of drug-likeness (QED) is 0.118. The number of ether oxygens (including phenoxy) is 3. The van der Waals surface area contributed by atoms with Gasteiger partial charge in [-0.15, -0.1) is 0 Å². The predicted molar refractivity (Wildman–Crippen MR) is 129 cm³/mol. The van der Waals surface area contributed by atoms with Crippen molar-refractivity contribution < 1.29 is 23.8 Å². The van der Waals surface area contributed by atoms with Gasteiger partial charge in [0, 0.05) is 12.8 Å². The van der Waals surface area contributed by atoms with Crippen LogP contribution in [-0.2, 0) is 14.3 Å². The van der Waals surface area contributed by atoms with Gasteiger partial charge in [-0.25, -0.2) is 0 Å². The Bertz CT molecular complexity index is 597. The van der Waals surface area contributed by atoms with Crippen molar-refractivity contribution in [3.63, 3.8) is 0 Å². The van der Waals surface area contributed by atoms with Crippen LogP contribution in [0.2, 0.25) is 0 Å². The fourth-order valence-corrected chi connectivity index (χ4v) is 3.58. The number of esters is 2. The Kier molecular flexibility index (Phi) is 17.2. The first-order chi connectivity index (χ1) is 15.7. The average molecular weight is 449 g/mol. The molecule has 0 aliphatic heterocycles. The summed E-state index contributed by atoms with van der Waals surface area (Å²) in [5, 5.41) is 0.